The summed E-state index contributed by atoms with van der Waals surface area (Å²) < 4.78 is 12.6. The van der Waals surface area contributed by atoms with Crippen molar-refractivity contribution in [3.05, 3.63) is 40.5 Å². The number of hydrogen-bond acceptors (Lipinski definition) is 6. The summed E-state index contributed by atoms with van der Waals surface area (Å²) in [6.07, 6.45) is 1.43. The van der Waals surface area contributed by atoms with Gasteiger partial charge in [-0.2, -0.15) is 5.10 Å². The lowest BCUT2D eigenvalue weighted by Crippen LogP contribution is -2.31. The molecule has 1 N–H and O–H groups in total. The number of aromatic nitrogens is 2. The van der Waals surface area contributed by atoms with E-state index >= 15 is 0 Å². The van der Waals surface area contributed by atoms with Crippen molar-refractivity contribution >= 4 is 27.9 Å². The Bertz CT molecular complexity index is 849. The maximum absolute atomic E-state index is 12.6. The molecule has 1 saturated heterocycles. The predicted molar refractivity (Wildman–Crippen MR) is 103 cm³/mol. The van der Waals surface area contributed by atoms with Crippen LogP contribution in [0.15, 0.2) is 34.8 Å². The fraction of sp³-hybridized carbons (Fsp3) is 0.421. The van der Waals surface area contributed by atoms with Crippen LogP contribution in [-0.2, 0) is 19.9 Å². The van der Waals surface area contributed by atoms with Crippen molar-refractivity contribution in [2.24, 2.45) is 0 Å². The number of rotatable bonds is 7. The lowest BCUT2D eigenvalue weighted by molar-refractivity contribution is -0.140. The molecule has 1 aliphatic heterocycles. The van der Waals surface area contributed by atoms with Crippen molar-refractivity contribution in [2.45, 2.75) is 38.4 Å². The van der Waals surface area contributed by atoms with Crippen molar-refractivity contribution in [3.63, 3.8) is 0 Å². The zero-order chi connectivity index (χ0) is 19.6. The number of methoxy groups -OCH3 is 1. The van der Waals surface area contributed by atoms with Gasteiger partial charge < -0.3 is 9.47 Å². The molecular weight excluding hydrogens is 414 g/mol. The number of carbonyl (C=O) groups excluding carboxylic acids is 2. The molecule has 144 valence electrons. The van der Waals surface area contributed by atoms with Crippen molar-refractivity contribution < 1.29 is 19.1 Å². The first-order chi connectivity index (χ1) is 13.0. The molecule has 0 spiro atoms. The second kappa shape index (κ2) is 7.82. The van der Waals surface area contributed by atoms with Crippen LogP contribution < -0.4 is 5.32 Å². The van der Waals surface area contributed by atoms with E-state index in [1.54, 1.807) is 17.7 Å². The number of esters is 2. The van der Waals surface area contributed by atoms with E-state index < -0.39 is 17.7 Å². The number of nitrogens with one attached hydrogen (secondary N) is 1. The van der Waals surface area contributed by atoms with Crippen molar-refractivity contribution in [3.8, 4) is 11.3 Å². The summed E-state index contributed by atoms with van der Waals surface area (Å²) in [6.45, 7) is 4.02. The highest BCUT2D eigenvalue weighted by atomic mass is 79.9. The van der Waals surface area contributed by atoms with Crippen molar-refractivity contribution in [1.29, 1.82) is 0 Å². The van der Waals surface area contributed by atoms with Crippen LogP contribution in [0, 0.1) is 0 Å². The molecule has 0 saturated carbocycles. The molecule has 3 rings (SSSR count). The van der Waals surface area contributed by atoms with Gasteiger partial charge in [0.25, 0.3) is 0 Å². The quantitative estimate of drug-likeness (QED) is 0.530. The minimum absolute atomic E-state index is 0.256. The second-order valence-electron chi connectivity index (χ2n) is 6.33. The highest BCUT2D eigenvalue weighted by Gasteiger charge is 2.61. The van der Waals surface area contributed by atoms with E-state index in [4.69, 9.17) is 9.47 Å². The Morgan fingerprint density at radius 2 is 2.00 bits per heavy atom. The summed E-state index contributed by atoms with van der Waals surface area (Å²) in [5.41, 5.74) is 1.03. The summed E-state index contributed by atoms with van der Waals surface area (Å²) in [4.78, 5) is 24.7. The molecule has 0 radical (unpaired) electrons. The summed E-state index contributed by atoms with van der Waals surface area (Å²) in [5, 5.41) is 7.84. The molecule has 2 heterocycles. The van der Waals surface area contributed by atoms with Crippen LogP contribution in [-0.4, -0.2) is 41.5 Å². The molecule has 0 unspecified atom stereocenters. The molecule has 7 nitrogen and oxygen atoms in total. The SMILES string of the molecule is CCC[C@]1(n2nc(-c3ccc(Br)cc3)cc2C(=O)OCC)N[C@@H]1C(=O)OC. The van der Waals surface area contributed by atoms with E-state index in [9.17, 15) is 9.59 Å². The standard InChI is InChI=1S/C19H22BrN3O4/c1-4-10-19(16(21-19)18(25)26-3)23-15(17(24)27-5-2)11-14(22-23)12-6-8-13(20)9-7-12/h6-9,11,16,21H,4-5,10H2,1-3H3/t16-,19-/m1/s1. The molecule has 0 aliphatic carbocycles. The fourth-order valence-electron chi connectivity index (χ4n) is 3.26. The first-order valence-electron chi connectivity index (χ1n) is 8.86. The largest absolute Gasteiger partial charge is 0.468 e. The fourth-order valence-corrected chi connectivity index (χ4v) is 3.53. The zero-order valence-electron chi connectivity index (χ0n) is 15.5. The van der Waals surface area contributed by atoms with Crippen LogP contribution >= 0.6 is 15.9 Å². The Labute approximate surface area is 166 Å². The van der Waals surface area contributed by atoms with Gasteiger partial charge in [0, 0.05) is 10.0 Å². The Morgan fingerprint density at radius 1 is 1.30 bits per heavy atom. The Kier molecular flexibility index (Phi) is 5.67. The normalized spacial score (nSPS) is 21.0. The third-order valence-corrected chi connectivity index (χ3v) is 5.10. The monoisotopic (exact) mass is 435 g/mol. The van der Waals surface area contributed by atoms with Crippen LogP contribution in [0.3, 0.4) is 0 Å². The zero-order valence-corrected chi connectivity index (χ0v) is 17.1. The van der Waals surface area contributed by atoms with Gasteiger partial charge in [0.15, 0.2) is 0 Å². The van der Waals surface area contributed by atoms with Gasteiger partial charge in [0.2, 0.25) is 0 Å². The molecule has 27 heavy (non-hydrogen) atoms. The van der Waals surface area contributed by atoms with Gasteiger partial charge in [-0.3, -0.25) is 10.1 Å². The average Bonchev–Trinajstić information content (AvgIpc) is 3.20. The van der Waals surface area contributed by atoms with Crippen LogP contribution in [0.1, 0.15) is 37.2 Å². The molecule has 2 aromatic rings. The van der Waals surface area contributed by atoms with Crippen LogP contribution in [0.4, 0.5) is 0 Å². The lowest BCUT2D eigenvalue weighted by atomic mass is 10.1. The summed E-state index contributed by atoms with van der Waals surface area (Å²) >= 11 is 3.41. The number of ether oxygens (including phenoxy) is 2. The number of nitrogens with zero attached hydrogens (tertiary/aromatic N) is 2. The third kappa shape index (κ3) is 3.64. The van der Waals surface area contributed by atoms with E-state index in [2.05, 4.69) is 26.3 Å². The molecular formula is C19H22BrN3O4. The molecule has 2 atom stereocenters. The van der Waals surface area contributed by atoms with Gasteiger partial charge >= 0.3 is 11.9 Å². The average molecular weight is 436 g/mol. The molecule has 8 heteroatoms. The van der Waals surface area contributed by atoms with Gasteiger partial charge in [-0.05, 0) is 31.5 Å². The maximum atomic E-state index is 12.6. The van der Waals surface area contributed by atoms with Gasteiger partial charge in [0.05, 0.1) is 19.4 Å². The molecule has 0 bridgehead atoms. The third-order valence-electron chi connectivity index (χ3n) is 4.57. The molecule has 1 fully saturated rings. The number of benzene rings is 1. The van der Waals surface area contributed by atoms with Crippen LogP contribution in [0.5, 0.6) is 0 Å². The van der Waals surface area contributed by atoms with E-state index in [0.29, 0.717) is 17.8 Å². The molecule has 1 aromatic heterocycles. The highest BCUT2D eigenvalue weighted by molar-refractivity contribution is 9.10. The van der Waals surface area contributed by atoms with Gasteiger partial charge in [-0.25, -0.2) is 9.48 Å². The van der Waals surface area contributed by atoms with E-state index in [1.807, 2.05) is 31.2 Å². The Balaban J connectivity index is 2.08. The maximum Gasteiger partial charge on any atom is 0.356 e. The van der Waals surface area contributed by atoms with Crippen LogP contribution in [0.25, 0.3) is 11.3 Å². The molecule has 1 aliphatic rings. The number of carbonyl (C=O) groups is 2. The van der Waals surface area contributed by atoms with E-state index in [1.165, 1.54) is 7.11 Å². The number of hydrogen-bond donors (Lipinski definition) is 1. The summed E-state index contributed by atoms with van der Waals surface area (Å²) in [6, 6.07) is 8.80. The van der Waals surface area contributed by atoms with Crippen molar-refractivity contribution in [2.75, 3.05) is 13.7 Å². The van der Waals surface area contributed by atoms with Crippen LogP contribution in [0.2, 0.25) is 0 Å². The van der Waals surface area contributed by atoms with E-state index in [-0.39, 0.29) is 12.6 Å². The van der Waals surface area contributed by atoms with Gasteiger partial charge in [-0.1, -0.05) is 41.4 Å². The minimum Gasteiger partial charge on any atom is -0.468 e. The molecule has 1 aromatic carbocycles. The summed E-state index contributed by atoms with van der Waals surface area (Å²) in [5.74, 6) is -0.847. The topological polar surface area (TPSA) is 92.4 Å². The second-order valence-corrected chi connectivity index (χ2v) is 7.24. The highest BCUT2D eigenvalue weighted by Crippen LogP contribution is 2.39. The first kappa shape index (κ1) is 19.6. The Morgan fingerprint density at radius 3 is 2.59 bits per heavy atom. The molecule has 0 amide bonds. The van der Waals surface area contributed by atoms with Gasteiger partial charge in [0.1, 0.15) is 17.4 Å². The Hall–Kier alpha value is -2.19. The smallest absolute Gasteiger partial charge is 0.356 e. The lowest BCUT2D eigenvalue weighted by Gasteiger charge is -2.17. The first-order valence-corrected chi connectivity index (χ1v) is 9.65. The number of halogens is 1. The van der Waals surface area contributed by atoms with Gasteiger partial charge in [-0.15, -0.1) is 0 Å². The van der Waals surface area contributed by atoms with Crippen molar-refractivity contribution in [1.82, 2.24) is 15.1 Å². The predicted octanol–water partition coefficient (Wildman–Crippen LogP) is 3.09. The minimum atomic E-state index is -0.780. The van der Waals surface area contributed by atoms with E-state index in [0.717, 1.165) is 16.5 Å². The summed E-state index contributed by atoms with van der Waals surface area (Å²) in [7, 11) is 1.35.